The summed E-state index contributed by atoms with van der Waals surface area (Å²) >= 11 is 0. The predicted molar refractivity (Wildman–Crippen MR) is 120 cm³/mol. The average molecular weight is 447 g/mol. The van der Waals surface area contributed by atoms with Crippen molar-refractivity contribution in [1.29, 1.82) is 0 Å². The van der Waals surface area contributed by atoms with Gasteiger partial charge in [0.25, 0.3) is 11.8 Å². The predicted octanol–water partition coefficient (Wildman–Crippen LogP) is 2.46. The molecule has 170 valence electrons. The van der Waals surface area contributed by atoms with Crippen LogP contribution < -0.4 is 10.1 Å². The molecule has 1 fully saturated rings. The van der Waals surface area contributed by atoms with Gasteiger partial charge in [-0.1, -0.05) is 0 Å². The van der Waals surface area contributed by atoms with Crippen LogP contribution in [0.2, 0.25) is 0 Å². The number of pyridine rings is 1. The molecule has 1 N–H and O–H groups in total. The monoisotopic (exact) mass is 447 g/mol. The molecule has 2 amide bonds. The van der Waals surface area contributed by atoms with Gasteiger partial charge < -0.3 is 24.3 Å². The van der Waals surface area contributed by atoms with Crippen molar-refractivity contribution in [3.8, 4) is 5.75 Å². The summed E-state index contributed by atoms with van der Waals surface area (Å²) in [5.41, 5.74) is 0.526. The van der Waals surface area contributed by atoms with Gasteiger partial charge >= 0.3 is 0 Å². The van der Waals surface area contributed by atoms with E-state index in [4.69, 9.17) is 9.47 Å². The second-order valence-electron chi connectivity index (χ2n) is 8.26. The highest BCUT2D eigenvalue weighted by Crippen LogP contribution is 2.40. The number of amides is 2. The molecule has 5 rings (SSSR count). The lowest BCUT2D eigenvalue weighted by molar-refractivity contribution is -0.168. The summed E-state index contributed by atoms with van der Waals surface area (Å²) in [6.07, 6.45) is 7.31. The van der Waals surface area contributed by atoms with E-state index in [9.17, 15) is 9.59 Å². The fraction of sp³-hybridized carbons (Fsp3) is 0.333. The maximum Gasteiger partial charge on any atom is 0.255 e. The molecule has 1 unspecified atom stereocenters. The Balaban J connectivity index is 1.31. The highest BCUT2D eigenvalue weighted by atomic mass is 16.5. The summed E-state index contributed by atoms with van der Waals surface area (Å²) in [4.78, 5) is 36.4. The number of methoxy groups -OCH3 is 1. The molecule has 1 atom stereocenters. The number of benzene rings is 1. The first kappa shape index (κ1) is 21.1. The van der Waals surface area contributed by atoms with Crippen LogP contribution in [0.4, 0.5) is 5.69 Å². The van der Waals surface area contributed by atoms with Crippen LogP contribution in [0.15, 0.2) is 61.2 Å². The molecule has 4 heterocycles. The van der Waals surface area contributed by atoms with Gasteiger partial charge in [-0.2, -0.15) is 0 Å². The molecular weight excluding hydrogens is 422 g/mol. The van der Waals surface area contributed by atoms with E-state index in [1.165, 1.54) is 0 Å². The number of carbonyl (C=O) groups excluding carboxylic acids is 2. The van der Waals surface area contributed by atoms with E-state index in [1.54, 1.807) is 62.1 Å². The van der Waals surface area contributed by atoms with Crippen molar-refractivity contribution in [3.63, 3.8) is 0 Å². The lowest BCUT2D eigenvalue weighted by Gasteiger charge is -2.45. The molecule has 0 radical (unpaired) electrons. The van der Waals surface area contributed by atoms with Crippen LogP contribution >= 0.6 is 0 Å². The summed E-state index contributed by atoms with van der Waals surface area (Å²) in [5, 5.41) is 2.88. The van der Waals surface area contributed by atoms with Crippen LogP contribution in [-0.4, -0.2) is 57.6 Å². The van der Waals surface area contributed by atoms with E-state index in [-0.39, 0.29) is 11.8 Å². The molecule has 2 aliphatic rings. The van der Waals surface area contributed by atoms with Gasteiger partial charge in [0.05, 0.1) is 25.5 Å². The first-order valence-electron chi connectivity index (χ1n) is 10.9. The Bertz CT molecular complexity index is 1140. The quantitative estimate of drug-likeness (QED) is 0.660. The van der Waals surface area contributed by atoms with Crippen molar-refractivity contribution < 1.29 is 19.1 Å². The van der Waals surface area contributed by atoms with Crippen molar-refractivity contribution >= 4 is 17.5 Å². The van der Waals surface area contributed by atoms with E-state index in [0.717, 1.165) is 5.82 Å². The Labute approximate surface area is 191 Å². The molecule has 9 nitrogen and oxygen atoms in total. The SMILES string of the molecule is COc1ccc(C(=O)N2CCC3(CC2)OC(C(=O)Nc2cccnc2)Cn2ccnc23)cc1. The molecule has 0 bridgehead atoms. The number of hydrogen-bond donors (Lipinski definition) is 1. The zero-order valence-corrected chi connectivity index (χ0v) is 18.3. The highest BCUT2D eigenvalue weighted by Gasteiger charge is 2.47. The molecule has 33 heavy (non-hydrogen) atoms. The van der Waals surface area contributed by atoms with Gasteiger partial charge in [-0.15, -0.1) is 0 Å². The smallest absolute Gasteiger partial charge is 0.255 e. The van der Waals surface area contributed by atoms with E-state index in [1.807, 2.05) is 15.7 Å². The topological polar surface area (TPSA) is 98.6 Å². The number of fused-ring (bicyclic) bond motifs is 2. The van der Waals surface area contributed by atoms with Crippen LogP contribution in [0.25, 0.3) is 0 Å². The third-order valence-electron chi connectivity index (χ3n) is 6.27. The van der Waals surface area contributed by atoms with Crippen LogP contribution in [0.3, 0.4) is 0 Å². The normalized spacial score (nSPS) is 19.1. The van der Waals surface area contributed by atoms with Crippen molar-refractivity contribution in [1.82, 2.24) is 19.4 Å². The minimum atomic E-state index is -0.713. The highest BCUT2D eigenvalue weighted by molar-refractivity contribution is 5.95. The molecule has 2 aromatic heterocycles. The van der Waals surface area contributed by atoms with Gasteiger partial charge in [0.2, 0.25) is 0 Å². The summed E-state index contributed by atoms with van der Waals surface area (Å²) < 4.78 is 13.6. The van der Waals surface area contributed by atoms with Gasteiger partial charge in [0.1, 0.15) is 17.2 Å². The Hall–Kier alpha value is -3.72. The number of imidazole rings is 1. The number of likely N-dealkylation sites (tertiary alicyclic amines) is 1. The maximum atomic E-state index is 13.0. The van der Waals surface area contributed by atoms with Gasteiger partial charge in [-0.05, 0) is 36.4 Å². The van der Waals surface area contributed by atoms with Crippen LogP contribution in [0.5, 0.6) is 5.75 Å². The van der Waals surface area contributed by atoms with Crippen LogP contribution in [0, 0.1) is 0 Å². The molecule has 1 aromatic carbocycles. The molecule has 1 spiro atoms. The number of aromatic nitrogens is 3. The lowest BCUT2D eigenvalue weighted by atomic mass is 9.88. The third kappa shape index (κ3) is 4.07. The number of carbonyl (C=O) groups is 2. The van der Waals surface area contributed by atoms with E-state index in [2.05, 4.69) is 15.3 Å². The molecule has 9 heteroatoms. The first-order valence-corrected chi connectivity index (χ1v) is 10.9. The van der Waals surface area contributed by atoms with Crippen LogP contribution in [-0.2, 0) is 21.7 Å². The Morgan fingerprint density at radius 3 is 2.64 bits per heavy atom. The Morgan fingerprint density at radius 1 is 1.15 bits per heavy atom. The largest absolute Gasteiger partial charge is 0.497 e. The zero-order chi connectivity index (χ0) is 22.8. The van der Waals surface area contributed by atoms with Crippen molar-refractivity contribution in [2.45, 2.75) is 31.1 Å². The standard InChI is InChI=1S/C24H25N5O4/c1-32-19-6-4-17(5-7-19)22(31)28-12-8-24(9-13-28)23-26-11-14-29(23)16-20(33-24)21(30)27-18-3-2-10-25-15-18/h2-7,10-11,14-15,20H,8-9,12-13,16H2,1H3,(H,27,30). The fourth-order valence-electron chi connectivity index (χ4n) is 4.52. The molecular formula is C24H25N5O4. The Morgan fingerprint density at radius 2 is 1.94 bits per heavy atom. The van der Waals surface area contributed by atoms with Crippen molar-refractivity contribution in [2.75, 3.05) is 25.5 Å². The van der Waals surface area contributed by atoms with E-state index >= 15 is 0 Å². The number of piperidine rings is 1. The Kier molecular flexibility index (Phi) is 5.55. The van der Waals surface area contributed by atoms with Gasteiger partial charge in [-0.3, -0.25) is 14.6 Å². The first-order chi connectivity index (χ1) is 16.1. The number of ether oxygens (including phenoxy) is 2. The van der Waals surface area contributed by atoms with Crippen molar-refractivity contribution in [3.05, 3.63) is 72.6 Å². The van der Waals surface area contributed by atoms with E-state index in [0.29, 0.717) is 49.5 Å². The van der Waals surface area contributed by atoms with Crippen LogP contribution in [0.1, 0.15) is 29.0 Å². The molecule has 2 aliphatic heterocycles. The minimum absolute atomic E-state index is 0.0301. The number of anilines is 1. The maximum absolute atomic E-state index is 13.0. The molecule has 0 aliphatic carbocycles. The molecule has 3 aromatic rings. The number of nitrogens with one attached hydrogen (secondary N) is 1. The number of nitrogens with zero attached hydrogens (tertiary/aromatic N) is 4. The molecule has 0 saturated carbocycles. The number of hydrogen-bond acceptors (Lipinski definition) is 6. The molecule has 1 saturated heterocycles. The van der Waals surface area contributed by atoms with Gasteiger partial charge in [0.15, 0.2) is 6.10 Å². The van der Waals surface area contributed by atoms with Gasteiger partial charge in [-0.25, -0.2) is 4.98 Å². The fourth-order valence-corrected chi connectivity index (χ4v) is 4.52. The number of rotatable bonds is 4. The summed E-state index contributed by atoms with van der Waals surface area (Å²) in [6, 6.07) is 10.7. The summed E-state index contributed by atoms with van der Waals surface area (Å²) in [7, 11) is 1.60. The zero-order valence-electron chi connectivity index (χ0n) is 18.3. The van der Waals surface area contributed by atoms with Crippen molar-refractivity contribution in [2.24, 2.45) is 0 Å². The van der Waals surface area contributed by atoms with Gasteiger partial charge in [0, 0.05) is 50.1 Å². The summed E-state index contributed by atoms with van der Waals surface area (Å²) in [5.74, 6) is 1.27. The minimum Gasteiger partial charge on any atom is -0.497 e. The second-order valence-corrected chi connectivity index (χ2v) is 8.26. The average Bonchev–Trinajstić information content (AvgIpc) is 3.35. The third-order valence-corrected chi connectivity index (χ3v) is 6.27. The second kappa shape index (κ2) is 8.67. The lowest BCUT2D eigenvalue weighted by Crippen LogP contribution is -2.54. The van der Waals surface area contributed by atoms with E-state index < -0.39 is 11.7 Å². The summed E-state index contributed by atoms with van der Waals surface area (Å²) in [6.45, 7) is 1.40.